The fraction of sp³-hybridized carbons (Fsp3) is 0.0278. The van der Waals surface area contributed by atoms with E-state index in [4.69, 9.17) is 9.97 Å². The number of nitrogens with zero attached hydrogens (tertiary/aromatic N) is 5. The minimum atomic E-state index is 0.754. The molecular formula is C36H21N5. The first-order valence-electron chi connectivity index (χ1n) is 13.9. The standard InChI is InChI=1S/C36H21N5/c1-2-8-23(9-3-1)40-28-11-5-4-10-24(28)33-29(40)15-14-21-18-22-19-27-26(20-25(22)32(21)33)34-30(12-6-16-37-34)41-31-13-7-17-38-35(31)39-36(27)41/h1-17,19-20H,18H2. The van der Waals surface area contributed by atoms with E-state index >= 15 is 0 Å². The predicted octanol–water partition coefficient (Wildman–Crippen LogP) is 8.25. The van der Waals surface area contributed by atoms with E-state index in [0.717, 1.165) is 45.0 Å². The van der Waals surface area contributed by atoms with Crippen molar-refractivity contribution < 1.29 is 0 Å². The molecular weight excluding hydrogens is 502 g/mol. The third-order valence-electron chi connectivity index (χ3n) is 8.79. The number of benzene rings is 4. The quantitative estimate of drug-likeness (QED) is 0.204. The fourth-order valence-corrected chi connectivity index (χ4v) is 7.15. The Morgan fingerprint density at radius 3 is 2.32 bits per heavy atom. The van der Waals surface area contributed by atoms with Gasteiger partial charge in [0.2, 0.25) is 0 Å². The van der Waals surface area contributed by atoms with Gasteiger partial charge in [-0.3, -0.25) is 9.38 Å². The number of pyridine rings is 3. The fourth-order valence-electron chi connectivity index (χ4n) is 7.15. The maximum atomic E-state index is 5.02. The Balaban J connectivity index is 1.36. The molecule has 10 rings (SSSR count). The molecule has 5 nitrogen and oxygen atoms in total. The van der Waals surface area contributed by atoms with Crippen molar-refractivity contribution >= 4 is 60.4 Å². The molecule has 9 aromatic rings. The van der Waals surface area contributed by atoms with Crippen molar-refractivity contribution in [1.29, 1.82) is 0 Å². The minimum absolute atomic E-state index is 0.754. The number of hydrogen-bond donors (Lipinski definition) is 0. The second-order valence-corrected chi connectivity index (χ2v) is 10.9. The highest BCUT2D eigenvalue weighted by Gasteiger charge is 2.27. The molecule has 5 aromatic heterocycles. The van der Waals surface area contributed by atoms with Crippen LogP contribution in [0.1, 0.15) is 11.1 Å². The molecule has 0 saturated heterocycles. The molecule has 0 fully saturated rings. The van der Waals surface area contributed by atoms with Crippen LogP contribution in [-0.2, 0) is 6.42 Å². The lowest BCUT2D eigenvalue weighted by Crippen LogP contribution is -1.94. The monoisotopic (exact) mass is 523 g/mol. The van der Waals surface area contributed by atoms with Crippen LogP contribution in [-0.4, -0.2) is 23.9 Å². The zero-order valence-corrected chi connectivity index (χ0v) is 21.9. The van der Waals surface area contributed by atoms with Crippen LogP contribution in [0.3, 0.4) is 0 Å². The molecule has 1 aliphatic rings. The Kier molecular flexibility index (Phi) is 3.92. The van der Waals surface area contributed by atoms with Crippen molar-refractivity contribution in [2.75, 3.05) is 0 Å². The lowest BCUT2D eigenvalue weighted by Gasteiger charge is -2.11. The van der Waals surface area contributed by atoms with E-state index in [0.29, 0.717) is 0 Å². The molecule has 0 aliphatic heterocycles. The summed E-state index contributed by atoms with van der Waals surface area (Å²) in [7, 11) is 0. The molecule has 5 heteroatoms. The van der Waals surface area contributed by atoms with Crippen LogP contribution in [0.15, 0.2) is 116 Å². The van der Waals surface area contributed by atoms with Crippen LogP contribution in [0.25, 0.3) is 77.2 Å². The van der Waals surface area contributed by atoms with Gasteiger partial charge >= 0.3 is 0 Å². The molecule has 0 N–H and O–H groups in total. The summed E-state index contributed by atoms with van der Waals surface area (Å²) in [5.74, 6) is 0. The SMILES string of the molecule is c1ccc(-n2c3ccccc3c3c4c(ccc32)Cc2cc3c(cc2-4)c2ncccc2n2c4cccnc4nc32)cc1. The summed E-state index contributed by atoms with van der Waals surface area (Å²) >= 11 is 0. The molecule has 190 valence electrons. The normalized spacial score (nSPS) is 12.8. The number of imidazole rings is 1. The van der Waals surface area contributed by atoms with E-state index in [9.17, 15) is 0 Å². The van der Waals surface area contributed by atoms with Gasteiger partial charge in [0.05, 0.1) is 27.6 Å². The maximum Gasteiger partial charge on any atom is 0.178 e. The van der Waals surface area contributed by atoms with Crippen LogP contribution in [0.4, 0.5) is 0 Å². The summed E-state index contributed by atoms with van der Waals surface area (Å²) in [6, 6.07) is 37.0. The summed E-state index contributed by atoms with van der Waals surface area (Å²) < 4.78 is 4.61. The second kappa shape index (κ2) is 7.55. The number of rotatable bonds is 1. The van der Waals surface area contributed by atoms with Gasteiger partial charge in [-0.15, -0.1) is 0 Å². The van der Waals surface area contributed by atoms with E-state index in [1.165, 1.54) is 49.7 Å². The number of hydrogen-bond acceptors (Lipinski definition) is 3. The van der Waals surface area contributed by atoms with Gasteiger partial charge in [-0.1, -0.05) is 42.5 Å². The summed E-state index contributed by atoms with van der Waals surface area (Å²) in [5, 5.41) is 4.83. The summed E-state index contributed by atoms with van der Waals surface area (Å²) in [5.41, 5.74) is 13.7. The molecule has 0 unspecified atom stereocenters. The van der Waals surface area contributed by atoms with Crippen molar-refractivity contribution in [3.63, 3.8) is 0 Å². The Morgan fingerprint density at radius 1 is 0.585 bits per heavy atom. The molecule has 4 aromatic carbocycles. The summed E-state index contributed by atoms with van der Waals surface area (Å²) in [6.45, 7) is 0. The predicted molar refractivity (Wildman–Crippen MR) is 166 cm³/mol. The summed E-state index contributed by atoms with van der Waals surface area (Å²) in [6.07, 6.45) is 4.59. The zero-order valence-electron chi connectivity index (χ0n) is 21.9. The van der Waals surface area contributed by atoms with Gasteiger partial charge in [-0.25, -0.2) is 9.97 Å². The van der Waals surface area contributed by atoms with Crippen molar-refractivity contribution in [3.05, 3.63) is 127 Å². The molecule has 0 bridgehead atoms. The second-order valence-electron chi connectivity index (χ2n) is 10.9. The van der Waals surface area contributed by atoms with Crippen molar-refractivity contribution in [2.45, 2.75) is 6.42 Å². The highest BCUT2D eigenvalue weighted by molar-refractivity contribution is 6.20. The molecule has 0 saturated carbocycles. The molecule has 0 radical (unpaired) electrons. The topological polar surface area (TPSA) is 48.0 Å². The smallest absolute Gasteiger partial charge is 0.178 e. The Labute approximate surface area is 234 Å². The Hall–Kier alpha value is -5.55. The molecule has 0 atom stereocenters. The number of para-hydroxylation sites is 2. The lowest BCUT2D eigenvalue weighted by molar-refractivity contribution is 1.18. The van der Waals surface area contributed by atoms with E-state index in [1.807, 2.05) is 24.5 Å². The van der Waals surface area contributed by atoms with Gasteiger partial charge < -0.3 is 4.57 Å². The largest absolute Gasteiger partial charge is 0.309 e. The van der Waals surface area contributed by atoms with Crippen LogP contribution in [0.2, 0.25) is 0 Å². The van der Waals surface area contributed by atoms with Crippen molar-refractivity contribution in [3.8, 4) is 16.8 Å². The van der Waals surface area contributed by atoms with E-state index < -0.39 is 0 Å². The lowest BCUT2D eigenvalue weighted by atomic mass is 9.97. The van der Waals surface area contributed by atoms with Gasteiger partial charge in [0.1, 0.15) is 5.65 Å². The van der Waals surface area contributed by atoms with Crippen molar-refractivity contribution in [2.24, 2.45) is 0 Å². The van der Waals surface area contributed by atoms with Gasteiger partial charge in [-0.2, -0.15) is 0 Å². The Morgan fingerprint density at radius 2 is 1.39 bits per heavy atom. The van der Waals surface area contributed by atoms with Gasteiger partial charge in [0, 0.05) is 39.6 Å². The third kappa shape index (κ3) is 2.68. The van der Waals surface area contributed by atoms with Gasteiger partial charge in [0.15, 0.2) is 5.65 Å². The highest BCUT2D eigenvalue weighted by atomic mass is 15.1. The van der Waals surface area contributed by atoms with Crippen LogP contribution < -0.4 is 0 Å². The molecule has 0 amide bonds. The first-order valence-corrected chi connectivity index (χ1v) is 13.9. The summed E-state index contributed by atoms with van der Waals surface area (Å²) in [4.78, 5) is 14.5. The molecule has 41 heavy (non-hydrogen) atoms. The Bertz CT molecular complexity index is 2550. The van der Waals surface area contributed by atoms with Gasteiger partial charge in [-0.05, 0) is 89.3 Å². The zero-order chi connectivity index (χ0) is 26.7. The van der Waals surface area contributed by atoms with E-state index in [2.05, 4.69) is 105 Å². The van der Waals surface area contributed by atoms with Gasteiger partial charge in [0.25, 0.3) is 0 Å². The van der Waals surface area contributed by atoms with Crippen LogP contribution in [0.5, 0.6) is 0 Å². The highest BCUT2D eigenvalue weighted by Crippen LogP contribution is 2.47. The molecule has 0 spiro atoms. The molecule has 5 heterocycles. The first kappa shape index (κ1) is 21.3. The number of aromatic nitrogens is 5. The average molecular weight is 524 g/mol. The molecule has 1 aliphatic carbocycles. The average Bonchev–Trinajstić information content (AvgIpc) is 3.70. The third-order valence-corrected chi connectivity index (χ3v) is 8.79. The first-order chi connectivity index (χ1) is 20.3. The maximum absolute atomic E-state index is 5.02. The van der Waals surface area contributed by atoms with Crippen LogP contribution >= 0.6 is 0 Å². The van der Waals surface area contributed by atoms with Crippen LogP contribution in [0, 0.1) is 0 Å². The van der Waals surface area contributed by atoms with E-state index in [-0.39, 0.29) is 0 Å². The van der Waals surface area contributed by atoms with E-state index in [1.54, 1.807) is 0 Å². The number of fused-ring (bicyclic) bond motifs is 15. The minimum Gasteiger partial charge on any atom is -0.309 e. The van der Waals surface area contributed by atoms with Crippen molar-refractivity contribution in [1.82, 2.24) is 23.9 Å².